The quantitative estimate of drug-likeness (QED) is 0.749. The summed E-state index contributed by atoms with van der Waals surface area (Å²) in [7, 11) is 2.01. The van der Waals surface area contributed by atoms with E-state index in [4.69, 9.17) is 5.11 Å². The van der Waals surface area contributed by atoms with Crippen molar-refractivity contribution in [3.05, 3.63) is 23.4 Å². The Kier molecular flexibility index (Phi) is 1.58. The van der Waals surface area contributed by atoms with E-state index in [1.54, 1.807) is 6.07 Å². The van der Waals surface area contributed by atoms with Crippen molar-refractivity contribution in [2.75, 3.05) is 18.5 Å². The summed E-state index contributed by atoms with van der Waals surface area (Å²) in [6.07, 6.45) is 2.63. The SMILES string of the molecule is CN1CC2CC2c2cc(C(=O)O)cnc21. The standard InChI is InChI=1S/C11H12N2O2/c1-13-5-7-3-8(7)9-2-6(11(14)15)4-12-10(9)13/h2,4,7-8H,3,5H2,1H3,(H,14,15). The smallest absolute Gasteiger partial charge is 0.337 e. The zero-order chi connectivity index (χ0) is 10.6. The predicted molar refractivity (Wildman–Crippen MR) is 55.3 cm³/mol. The molecule has 2 aliphatic rings. The van der Waals surface area contributed by atoms with Crippen LogP contribution in [0.5, 0.6) is 0 Å². The van der Waals surface area contributed by atoms with Crippen molar-refractivity contribution in [3.8, 4) is 0 Å². The maximum Gasteiger partial charge on any atom is 0.337 e. The molecule has 3 rings (SSSR count). The van der Waals surface area contributed by atoms with Gasteiger partial charge in [0.1, 0.15) is 5.82 Å². The molecule has 1 aromatic rings. The third-order valence-electron chi connectivity index (χ3n) is 3.33. The fourth-order valence-corrected chi connectivity index (χ4v) is 2.45. The van der Waals surface area contributed by atoms with Gasteiger partial charge in [0, 0.05) is 19.8 Å². The summed E-state index contributed by atoms with van der Waals surface area (Å²) in [5.41, 5.74) is 1.42. The number of carboxylic acids is 1. The van der Waals surface area contributed by atoms with Crippen LogP contribution in [0.2, 0.25) is 0 Å². The normalized spacial score (nSPS) is 26.9. The van der Waals surface area contributed by atoms with Gasteiger partial charge in [0.15, 0.2) is 0 Å². The molecule has 0 aromatic carbocycles. The molecule has 1 fully saturated rings. The van der Waals surface area contributed by atoms with E-state index in [0.29, 0.717) is 17.4 Å². The maximum absolute atomic E-state index is 10.8. The molecule has 1 saturated carbocycles. The summed E-state index contributed by atoms with van der Waals surface area (Å²) in [5.74, 6) is 1.34. The molecule has 0 spiro atoms. The number of hydrogen-bond donors (Lipinski definition) is 1. The Morgan fingerprint density at radius 2 is 2.47 bits per heavy atom. The average Bonchev–Trinajstić information content (AvgIpc) is 2.96. The van der Waals surface area contributed by atoms with Crippen LogP contribution in [0.25, 0.3) is 0 Å². The van der Waals surface area contributed by atoms with Gasteiger partial charge in [-0.3, -0.25) is 0 Å². The molecule has 2 heterocycles. The number of hydrogen-bond acceptors (Lipinski definition) is 3. The Morgan fingerprint density at radius 3 is 3.20 bits per heavy atom. The average molecular weight is 204 g/mol. The molecule has 1 aromatic heterocycles. The number of anilines is 1. The molecule has 0 bridgehead atoms. The van der Waals surface area contributed by atoms with Crippen LogP contribution in [0.3, 0.4) is 0 Å². The number of nitrogens with zero attached hydrogens (tertiary/aromatic N) is 2. The molecule has 2 unspecified atom stereocenters. The number of aromatic carboxylic acids is 1. The minimum Gasteiger partial charge on any atom is -0.478 e. The Bertz CT molecular complexity index is 444. The Hall–Kier alpha value is -1.58. The van der Waals surface area contributed by atoms with E-state index in [-0.39, 0.29) is 0 Å². The van der Waals surface area contributed by atoms with Crippen molar-refractivity contribution in [1.82, 2.24) is 4.98 Å². The zero-order valence-electron chi connectivity index (χ0n) is 8.47. The Labute approximate surface area is 87.5 Å². The maximum atomic E-state index is 10.8. The molecule has 0 saturated heterocycles. The highest BCUT2D eigenvalue weighted by atomic mass is 16.4. The first-order valence-electron chi connectivity index (χ1n) is 5.11. The van der Waals surface area contributed by atoms with E-state index < -0.39 is 5.97 Å². The summed E-state index contributed by atoms with van der Waals surface area (Å²) in [5, 5.41) is 8.90. The van der Waals surface area contributed by atoms with E-state index >= 15 is 0 Å². The number of carboxylic acid groups (broad SMARTS) is 1. The molecular weight excluding hydrogens is 192 g/mol. The lowest BCUT2D eigenvalue weighted by Crippen LogP contribution is -2.26. The van der Waals surface area contributed by atoms with Gasteiger partial charge in [-0.15, -0.1) is 0 Å². The van der Waals surface area contributed by atoms with Gasteiger partial charge in [0.05, 0.1) is 5.56 Å². The van der Waals surface area contributed by atoms with Gasteiger partial charge in [0.2, 0.25) is 0 Å². The molecule has 4 nitrogen and oxygen atoms in total. The summed E-state index contributed by atoms with van der Waals surface area (Å²) < 4.78 is 0. The van der Waals surface area contributed by atoms with Gasteiger partial charge in [-0.1, -0.05) is 0 Å². The van der Waals surface area contributed by atoms with Crippen LogP contribution in [0.4, 0.5) is 5.82 Å². The zero-order valence-corrected chi connectivity index (χ0v) is 8.47. The van der Waals surface area contributed by atoms with Gasteiger partial charge in [-0.2, -0.15) is 0 Å². The lowest BCUT2D eigenvalue weighted by molar-refractivity contribution is 0.0696. The summed E-state index contributed by atoms with van der Waals surface area (Å²) in [6, 6.07) is 1.78. The topological polar surface area (TPSA) is 53.4 Å². The molecule has 15 heavy (non-hydrogen) atoms. The molecule has 0 amide bonds. The van der Waals surface area contributed by atoms with Crippen LogP contribution in [-0.4, -0.2) is 29.7 Å². The van der Waals surface area contributed by atoms with Crippen molar-refractivity contribution in [2.24, 2.45) is 5.92 Å². The summed E-state index contributed by atoms with van der Waals surface area (Å²) in [6.45, 7) is 1.05. The first kappa shape index (κ1) is 8.71. The van der Waals surface area contributed by atoms with Crippen molar-refractivity contribution in [2.45, 2.75) is 12.3 Å². The number of fused-ring (bicyclic) bond motifs is 3. The van der Waals surface area contributed by atoms with Crippen molar-refractivity contribution >= 4 is 11.8 Å². The van der Waals surface area contributed by atoms with E-state index in [9.17, 15) is 4.79 Å². The molecule has 1 N–H and O–H groups in total. The van der Waals surface area contributed by atoms with Gasteiger partial charge < -0.3 is 10.0 Å². The first-order chi connectivity index (χ1) is 7.16. The molecule has 2 atom stereocenters. The number of carbonyl (C=O) groups is 1. The molecular formula is C11H12N2O2. The Balaban J connectivity index is 2.10. The van der Waals surface area contributed by atoms with E-state index in [1.165, 1.54) is 12.6 Å². The largest absolute Gasteiger partial charge is 0.478 e. The third-order valence-corrected chi connectivity index (χ3v) is 3.33. The minimum atomic E-state index is -0.893. The van der Waals surface area contributed by atoms with Crippen molar-refractivity contribution in [1.29, 1.82) is 0 Å². The highest BCUT2D eigenvalue weighted by molar-refractivity contribution is 5.88. The van der Waals surface area contributed by atoms with Crippen LogP contribution >= 0.6 is 0 Å². The minimum absolute atomic E-state index is 0.301. The number of rotatable bonds is 1. The van der Waals surface area contributed by atoms with E-state index in [1.807, 2.05) is 7.05 Å². The lowest BCUT2D eigenvalue weighted by atomic mass is 10.0. The second-order valence-electron chi connectivity index (χ2n) is 4.42. The van der Waals surface area contributed by atoms with Crippen LogP contribution in [-0.2, 0) is 0 Å². The number of aromatic nitrogens is 1. The summed E-state index contributed by atoms with van der Waals surface area (Å²) >= 11 is 0. The highest BCUT2D eigenvalue weighted by Gasteiger charge is 2.45. The second-order valence-corrected chi connectivity index (χ2v) is 4.42. The van der Waals surface area contributed by atoms with Crippen LogP contribution in [0.15, 0.2) is 12.3 Å². The Morgan fingerprint density at radius 1 is 1.67 bits per heavy atom. The van der Waals surface area contributed by atoms with Crippen LogP contribution in [0.1, 0.15) is 28.3 Å². The molecule has 4 heteroatoms. The summed E-state index contributed by atoms with van der Waals surface area (Å²) in [4.78, 5) is 17.2. The first-order valence-corrected chi connectivity index (χ1v) is 5.11. The molecule has 1 aliphatic heterocycles. The van der Waals surface area contributed by atoms with Crippen molar-refractivity contribution in [3.63, 3.8) is 0 Å². The van der Waals surface area contributed by atoms with Crippen LogP contribution in [0, 0.1) is 5.92 Å². The monoisotopic (exact) mass is 204 g/mol. The van der Waals surface area contributed by atoms with Crippen LogP contribution < -0.4 is 4.90 Å². The highest BCUT2D eigenvalue weighted by Crippen LogP contribution is 2.53. The fraction of sp³-hybridized carbons (Fsp3) is 0.455. The third kappa shape index (κ3) is 1.21. The molecule has 0 radical (unpaired) electrons. The second kappa shape index (κ2) is 2.72. The number of pyridine rings is 1. The van der Waals surface area contributed by atoms with Gasteiger partial charge in [-0.25, -0.2) is 9.78 Å². The lowest BCUT2D eigenvalue weighted by Gasteiger charge is -2.25. The van der Waals surface area contributed by atoms with Gasteiger partial charge >= 0.3 is 5.97 Å². The predicted octanol–water partition coefficient (Wildman–Crippen LogP) is 1.33. The van der Waals surface area contributed by atoms with Gasteiger partial charge in [0.25, 0.3) is 0 Å². The van der Waals surface area contributed by atoms with E-state index in [2.05, 4.69) is 9.88 Å². The van der Waals surface area contributed by atoms with E-state index in [0.717, 1.165) is 17.9 Å². The van der Waals surface area contributed by atoms with Crippen molar-refractivity contribution < 1.29 is 9.90 Å². The fourth-order valence-electron chi connectivity index (χ4n) is 2.45. The molecule has 1 aliphatic carbocycles. The van der Waals surface area contributed by atoms with Gasteiger partial charge in [-0.05, 0) is 29.9 Å². The molecule has 78 valence electrons.